The van der Waals surface area contributed by atoms with Gasteiger partial charge < -0.3 is 4.74 Å². The number of hydrogen-bond acceptors (Lipinski definition) is 4. The van der Waals surface area contributed by atoms with Gasteiger partial charge in [0, 0.05) is 23.4 Å². The fourth-order valence-corrected chi connectivity index (χ4v) is 2.26. The summed E-state index contributed by atoms with van der Waals surface area (Å²) in [5.41, 5.74) is 0.363. The average molecular weight is 281 g/mol. The van der Waals surface area contributed by atoms with Crippen molar-refractivity contribution in [1.82, 2.24) is 9.78 Å². The molecule has 0 aliphatic heterocycles. The second-order valence-electron chi connectivity index (χ2n) is 3.76. The van der Waals surface area contributed by atoms with Crippen LogP contribution in [0.4, 0.5) is 0 Å². The molecule has 0 fully saturated rings. The van der Waals surface area contributed by atoms with E-state index in [9.17, 15) is 8.42 Å². The van der Waals surface area contributed by atoms with Gasteiger partial charge >= 0.3 is 0 Å². The summed E-state index contributed by atoms with van der Waals surface area (Å²) in [4.78, 5) is 0.0318. The second-order valence-corrected chi connectivity index (χ2v) is 6.30. The summed E-state index contributed by atoms with van der Waals surface area (Å²) in [6.45, 7) is 6.53. The monoisotopic (exact) mass is 280 g/mol. The van der Waals surface area contributed by atoms with Crippen LogP contribution in [-0.2, 0) is 26.9 Å². The van der Waals surface area contributed by atoms with Crippen LogP contribution in [-0.4, -0.2) is 24.3 Å². The maximum absolute atomic E-state index is 11.4. The van der Waals surface area contributed by atoms with Gasteiger partial charge in [0.05, 0.1) is 12.7 Å². The molecule has 0 aromatic carbocycles. The van der Waals surface area contributed by atoms with Gasteiger partial charge in [-0.2, -0.15) is 5.10 Å². The van der Waals surface area contributed by atoms with Gasteiger partial charge in [-0.25, -0.2) is 8.42 Å². The molecule has 1 heterocycles. The van der Waals surface area contributed by atoms with E-state index in [1.807, 2.05) is 20.8 Å². The molecule has 0 radical (unpaired) electrons. The molecule has 5 nitrogen and oxygen atoms in total. The van der Waals surface area contributed by atoms with E-state index in [1.165, 1.54) is 10.9 Å². The average Bonchev–Trinajstić information content (AvgIpc) is 2.68. The Labute approximate surface area is 106 Å². The Kier molecular flexibility index (Phi) is 4.97. The highest BCUT2D eigenvalue weighted by molar-refractivity contribution is 8.13. The maximum Gasteiger partial charge on any atom is 0.264 e. The van der Waals surface area contributed by atoms with Crippen LogP contribution in [0.2, 0.25) is 0 Å². The molecule has 17 heavy (non-hydrogen) atoms. The number of nitrogens with zero attached hydrogens (tertiary/aromatic N) is 2. The van der Waals surface area contributed by atoms with Gasteiger partial charge in [-0.05, 0) is 20.3 Å². The van der Waals surface area contributed by atoms with Crippen LogP contribution >= 0.6 is 10.7 Å². The van der Waals surface area contributed by atoms with Gasteiger partial charge in [-0.15, -0.1) is 0 Å². The van der Waals surface area contributed by atoms with Gasteiger partial charge in [0.25, 0.3) is 9.05 Å². The molecule has 0 aliphatic rings. The summed E-state index contributed by atoms with van der Waals surface area (Å²) in [5, 5.41) is 4.13. The fourth-order valence-electron chi connectivity index (χ4n) is 1.25. The number of rotatable bonds is 6. The van der Waals surface area contributed by atoms with E-state index in [4.69, 9.17) is 15.4 Å². The SMILES string of the molecule is CCC(C)OCc1nn(CC)cc1S(=O)(=O)Cl. The largest absolute Gasteiger partial charge is 0.372 e. The van der Waals surface area contributed by atoms with Crippen molar-refractivity contribution >= 4 is 19.7 Å². The molecular weight excluding hydrogens is 264 g/mol. The number of ether oxygens (including phenoxy) is 1. The minimum atomic E-state index is -3.77. The van der Waals surface area contributed by atoms with Crippen LogP contribution in [0.5, 0.6) is 0 Å². The van der Waals surface area contributed by atoms with Crippen molar-refractivity contribution in [2.24, 2.45) is 0 Å². The predicted octanol–water partition coefficient (Wildman–Crippen LogP) is 2.15. The molecule has 0 amide bonds. The Balaban J connectivity index is 2.93. The topological polar surface area (TPSA) is 61.2 Å². The fraction of sp³-hybridized carbons (Fsp3) is 0.700. The third-order valence-corrected chi connectivity index (χ3v) is 3.83. The molecule has 7 heteroatoms. The molecule has 0 aliphatic carbocycles. The van der Waals surface area contributed by atoms with E-state index >= 15 is 0 Å². The Bertz CT molecular complexity index is 470. The summed E-state index contributed by atoms with van der Waals surface area (Å²) in [7, 11) is 1.58. The van der Waals surface area contributed by atoms with Crippen LogP contribution in [0.25, 0.3) is 0 Å². The highest BCUT2D eigenvalue weighted by atomic mass is 35.7. The molecule has 0 bridgehead atoms. The summed E-state index contributed by atoms with van der Waals surface area (Å²) < 4.78 is 29.7. The Morgan fingerprint density at radius 2 is 2.18 bits per heavy atom. The van der Waals surface area contributed by atoms with Crippen molar-refractivity contribution in [3.63, 3.8) is 0 Å². The Hall–Kier alpha value is -0.590. The highest BCUT2D eigenvalue weighted by Crippen LogP contribution is 2.20. The number of hydrogen-bond donors (Lipinski definition) is 0. The van der Waals surface area contributed by atoms with Crippen molar-refractivity contribution in [2.45, 2.75) is 51.3 Å². The minimum absolute atomic E-state index is 0.0318. The van der Waals surface area contributed by atoms with Gasteiger partial charge in [-0.1, -0.05) is 6.92 Å². The number of aromatic nitrogens is 2. The lowest BCUT2D eigenvalue weighted by molar-refractivity contribution is 0.0474. The second kappa shape index (κ2) is 5.84. The van der Waals surface area contributed by atoms with Crippen molar-refractivity contribution in [1.29, 1.82) is 0 Å². The van der Waals surface area contributed by atoms with Crippen LogP contribution in [0, 0.1) is 0 Å². The van der Waals surface area contributed by atoms with Crippen molar-refractivity contribution in [2.75, 3.05) is 0 Å². The Morgan fingerprint density at radius 1 is 1.53 bits per heavy atom. The third kappa shape index (κ3) is 3.97. The quantitative estimate of drug-likeness (QED) is 0.749. The summed E-state index contributed by atoms with van der Waals surface area (Å²) in [6.07, 6.45) is 2.35. The first kappa shape index (κ1) is 14.5. The van der Waals surface area contributed by atoms with Crippen LogP contribution in [0.3, 0.4) is 0 Å². The summed E-state index contributed by atoms with van der Waals surface area (Å²) in [6, 6.07) is 0. The molecule has 1 unspecified atom stereocenters. The van der Waals surface area contributed by atoms with Gasteiger partial charge in [0.2, 0.25) is 0 Å². The van der Waals surface area contributed by atoms with Gasteiger partial charge in [0.1, 0.15) is 10.6 Å². The van der Waals surface area contributed by atoms with E-state index < -0.39 is 9.05 Å². The first-order valence-electron chi connectivity index (χ1n) is 5.51. The number of halogens is 1. The van der Waals surface area contributed by atoms with E-state index in [-0.39, 0.29) is 17.6 Å². The zero-order chi connectivity index (χ0) is 13.1. The molecule has 0 saturated heterocycles. The highest BCUT2D eigenvalue weighted by Gasteiger charge is 2.20. The lowest BCUT2D eigenvalue weighted by Gasteiger charge is -2.09. The smallest absolute Gasteiger partial charge is 0.264 e. The van der Waals surface area contributed by atoms with Crippen molar-refractivity contribution in [3.05, 3.63) is 11.9 Å². The molecule has 98 valence electrons. The van der Waals surface area contributed by atoms with Crippen LogP contribution < -0.4 is 0 Å². The summed E-state index contributed by atoms with van der Waals surface area (Å²) >= 11 is 0. The lowest BCUT2D eigenvalue weighted by Crippen LogP contribution is -2.08. The molecular formula is C10H17ClN2O3S. The lowest BCUT2D eigenvalue weighted by atomic mass is 10.3. The molecule has 1 atom stereocenters. The predicted molar refractivity (Wildman–Crippen MR) is 65.5 cm³/mol. The molecule has 1 rings (SSSR count). The molecule has 0 saturated carbocycles. The first-order valence-corrected chi connectivity index (χ1v) is 7.82. The molecule has 0 spiro atoms. The molecule has 1 aromatic rings. The van der Waals surface area contributed by atoms with Crippen molar-refractivity contribution in [3.8, 4) is 0 Å². The first-order chi connectivity index (χ1) is 7.88. The summed E-state index contributed by atoms with van der Waals surface area (Å²) in [5.74, 6) is 0. The van der Waals surface area contributed by atoms with Crippen molar-refractivity contribution < 1.29 is 13.2 Å². The van der Waals surface area contributed by atoms with Gasteiger partial charge in [0.15, 0.2) is 0 Å². The zero-order valence-electron chi connectivity index (χ0n) is 10.2. The maximum atomic E-state index is 11.4. The van der Waals surface area contributed by atoms with E-state index in [1.54, 1.807) is 0 Å². The Morgan fingerprint density at radius 3 is 2.65 bits per heavy atom. The van der Waals surface area contributed by atoms with Gasteiger partial charge in [-0.3, -0.25) is 4.68 Å². The standard InChI is InChI=1S/C10H17ClN2O3S/c1-4-8(3)16-7-9-10(17(11,14)15)6-13(5-2)12-9/h6,8H,4-5,7H2,1-3H3. The van der Waals surface area contributed by atoms with E-state index in [0.717, 1.165) is 6.42 Å². The van der Waals surface area contributed by atoms with E-state index in [0.29, 0.717) is 12.2 Å². The normalized spacial score (nSPS) is 13.9. The zero-order valence-corrected chi connectivity index (χ0v) is 11.8. The van der Waals surface area contributed by atoms with E-state index in [2.05, 4.69) is 5.10 Å². The third-order valence-electron chi connectivity index (χ3n) is 2.47. The van der Waals surface area contributed by atoms with Crippen LogP contribution in [0.1, 0.15) is 32.9 Å². The molecule has 1 aromatic heterocycles. The minimum Gasteiger partial charge on any atom is -0.372 e. The molecule has 0 N–H and O–H groups in total. The van der Waals surface area contributed by atoms with Crippen LogP contribution in [0.15, 0.2) is 11.1 Å². The number of aryl methyl sites for hydroxylation is 1.